The Morgan fingerprint density at radius 1 is 1.32 bits per heavy atom. The fraction of sp³-hybridized carbons (Fsp3) is 0.389. The first kappa shape index (κ1) is 18.5. The maximum atomic E-state index is 12.2. The van der Waals surface area contributed by atoms with Crippen LogP contribution >= 0.6 is 0 Å². The molecule has 134 valence electrons. The minimum atomic E-state index is -0.117. The van der Waals surface area contributed by atoms with Crippen molar-refractivity contribution in [1.82, 2.24) is 15.0 Å². The number of benzene rings is 1. The number of rotatable bonds is 8. The molecule has 0 aliphatic carbocycles. The molecule has 1 amide bonds. The average molecular weight is 345 g/mol. The summed E-state index contributed by atoms with van der Waals surface area (Å²) in [7, 11) is 3.14. The van der Waals surface area contributed by atoms with Gasteiger partial charge in [0, 0.05) is 18.0 Å². The topological polar surface area (TPSA) is 77.7 Å². The van der Waals surface area contributed by atoms with Crippen molar-refractivity contribution in [1.29, 1.82) is 0 Å². The second-order valence-corrected chi connectivity index (χ2v) is 5.74. The number of hydrogen-bond donors (Lipinski definition) is 0. The Morgan fingerprint density at radius 2 is 2.04 bits per heavy atom. The molecule has 0 bridgehead atoms. The molecule has 0 N–H and O–H groups in total. The van der Waals surface area contributed by atoms with Crippen molar-refractivity contribution in [2.75, 3.05) is 20.8 Å². The van der Waals surface area contributed by atoms with Crippen LogP contribution in [-0.2, 0) is 11.3 Å². The fourth-order valence-corrected chi connectivity index (χ4v) is 2.33. The van der Waals surface area contributed by atoms with Crippen LogP contribution in [0.25, 0.3) is 11.4 Å². The summed E-state index contributed by atoms with van der Waals surface area (Å²) in [5.74, 6) is 1.87. The highest BCUT2D eigenvalue weighted by Gasteiger charge is 2.20. The Balaban J connectivity index is 2.21. The summed E-state index contributed by atoms with van der Waals surface area (Å²) in [6.45, 7) is 8.04. The lowest BCUT2D eigenvalue weighted by Gasteiger charge is -2.21. The van der Waals surface area contributed by atoms with Crippen LogP contribution in [0.15, 0.2) is 35.4 Å². The number of carbonyl (C=O) groups excluding carboxylic acids is 1. The summed E-state index contributed by atoms with van der Waals surface area (Å²) in [6, 6.07) is 5.36. The van der Waals surface area contributed by atoms with Gasteiger partial charge in [-0.1, -0.05) is 25.1 Å². The summed E-state index contributed by atoms with van der Waals surface area (Å²) in [5, 5.41) is 3.99. The Bertz CT molecular complexity index is 740. The number of amides is 1. The number of carbonyl (C=O) groups is 1. The molecule has 7 nitrogen and oxygen atoms in total. The first-order chi connectivity index (χ1) is 12.0. The van der Waals surface area contributed by atoms with Gasteiger partial charge >= 0.3 is 0 Å². The molecule has 0 saturated heterocycles. The molecule has 1 aromatic heterocycles. The van der Waals surface area contributed by atoms with Crippen LogP contribution < -0.4 is 9.47 Å². The van der Waals surface area contributed by atoms with E-state index in [1.54, 1.807) is 37.3 Å². The molecule has 25 heavy (non-hydrogen) atoms. The summed E-state index contributed by atoms with van der Waals surface area (Å²) in [5.41, 5.74) is 0.734. The number of ether oxygens (including phenoxy) is 2. The minimum absolute atomic E-state index is 0.00534. The Morgan fingerprint density at radius 3 is 2.64 bits per heavy atom. The van der Waals surface area contributed by atoms with E-state index >= 15 is 0 Å². The van der Waals surface area contributed by atoms with E-state index in [4.69, 9.17) is 14.0 Å². The standard InChI is InChI=1S/C18H23N3O4/c1-6-9-21(18(22)12(2)3)11-16-19-17(20-25-16)13-7-8-14(23-4)15(10-13)24-5/h6-8,10,12H,1,9,11H2,2-5H3. The molecule has 0 aliphatic rings. The Labute approximate surface area is 147 Å². The third-order valence-electron chi connectivity index (χ3n) is 3.59. The van der Waals surface area contributed by atoms with Crippen LogP contribution in [0.5, 0.6) is 11.5 Å². The van der Waals surface area contributed by atoms with Gasteiger partial charge in [0.15, 0.2) is 11.5 Å². The molecule has 1 heterocycles. The van der Waals surface area contributed by atoms with E-state index in [1.165, 1.54) is 0 Å². The van der Waals surface area contributed by atoms with Gasteiger partial charge in [0.25, 0.3) is 0 Å². The molecule has 0 spiro atoms. The lowest BCUT2D eigenvalue weighted by Crippen LogP contribution is -2.34. The van der Waals surface area contributed by atoms with Crippen LogP contribution in [0.4, 0.5) is 0 Å². The molecule has 2 aromatic rings. The Kier molecular flexibility index (Phi) is 6.16. The van der Waals surface area contributed by atoms with Gasteiger partial charge in [-0.05, 0) is 18.2 Å². The fourth-order valence-electron chi connectivity index (χ4n) is 2.33. The summed E-state index contributed by atoms with van der Waals surface area (Å²) >= 11 is 0. The summed E-state index contributed by atoms with van der Waals surface area (Å²) in [4.78, 5) is 18.2. The van der Waals surface area contributed by atoms with Crippen molar-refractivity contribution >= 4 is 5.91 Å². The van der Waals surface area contributed by atoms with E-state index in [9.17, 15) is 4.79 Å². The van der Waals surface area contributed by atoms with Gasteiger partial charge in [0.2, 0.25) is 17.6 Å². The normalized spacial score (nSPS) is 10.6. The zero-order valence-electron chi connectivity index (χ0n) is 15.0. The SMILES string of the molecule is C=CCN(Cc1nc(-c2ccc(OC)c(OC)c2)no1)C(=O)C(C)C. The van der Waals surface area contributed by atoms with Gasteiger partial charge in [0.1, 0.15) is 6.54 Å². The van der Waals surface area contributed by atoms with Gasteiger partial charge in [-0.25, -0.2) is 0 Å². The Hall–Kier alpha value is -2.83. The molecular weight excluding hydrogens is 322 g/mol. The smallest absolute Gasteiger partial charge is 0.246 e. The molecule has 0 saturated carbocycles. The molecular formula is C18H23N3O4. The highest BCUT2D eigenvalue weighted by molar-refractivity contribution is 5.78. The highest BCUT2D eigenvalue weighted by Crippen LogP contribution is 2.31. The maximum Gasteiger partial charge on any atom is 0.246 e. The predicted molar refractivity (Wildman–Crippen MR) is 93.3 cm³/mol. The molecule has 0 fully saturated rings. The second kappa shape index (κ2) is 8.32. The quantitative estimate of drug-likeness (QED) is 0.685. The molecule has 0 atom stereocenters. The van der Waals surface area contributed by atoms with Crippen molar-refractivity contribution in [2.45, 2.75) is 20.4 Å². The van der Waals surface area contributed by atoms with Crippen molar-refractivity contribution in [3.8, 4) is 22.9 Å². The third kappa shape index (κ3) is 4.37. The summed E-state index contributed by atoms with van der Waals surface area (Å²) < 4.78 is 15.8. The zero-order chi connectivity index (χ0) is 18.4. The molecule has 2 rings (SSSR count). The average Bonchev–Trinajstić information content (AvgIpc) is 3.08. The molecule has 0 unspecified atom stereocenters. The summed E-state index contributed by atoms with van der Waals surface area (Å²) in [6.07, 6.45) is 1.67. The van der Waals surface area contributed by atoms with Crippen molar-refractivity contribution < 1.29 is 18.8 Å². The van der Waals surface area contributed by atoms with Crippen molar-refractivity contribution in [2.24, 2.45) is 5.92 Å². The number of nitrogens with zero attached hydrogens (tertiary/aromatic N) is 3. The zero-order valence-corrected chi connectivity index (χ0v) is 15.0. The second-order valence-electron chi connectivity index (χ2n) is 5.74. The van der Waals surface area contributed by atoms with E-state index < -0.39 is 0 Å². The van der Waals surface area contributed by atoms with E-state index in [2.05, 4.69) is 16.7 Å². The van der Waals surface area contributed by atoms with E-state index in [0.29, 0.717) is 29.8 Å². The molecule has 1 aromatic carbocycles. The van der Waals surface area contributed by atoms with Crippen LogP contribution in [0.3, 0.4) is 0 Å². The lowest BCUT2D eigenvalue weighted by molar-refractivity contribution is -0.134. The lowest BCUT2D eigenvalue weighted by atomic mass is 10.2. The molecule has 7 heteroatoms. The minimum Gasteiger partial charge on any atom is -0.493 e. The largest absolute Gasteiger partial charge is 0.493 e. The van der Waals surface area contributed by atoms with Gasteiger partial charge < -0.3 is 18.9 Å². The van der Waals surface area contributed by atoms with Gasteiger partial charge in [-0.2, -0.15) is 4.98 Å². The predicted octanol–water partition coefficient (Wildman–Crippen LogP) is 2.92. The van der Waals surface area contributed by atoms with E-state index in [1.807, 2.05) is 19.9 Å². The first-order valence-corrected chi connectivity index (χ1v) is 7.94. The van der Waals surface area contributed by atoms with Crippen molar-refractivity contribution in [3.63, 3.8) is 0 Å². The number of hydrogen-bond acceptors (Lipinski definition) is 6. The highest BCUT2D eigenvalue weighted by atomic mass is 16.5. The number of aromatic nitrogens is 2. The third-order valence-corrected chi connectivity index (χ3v) is 3.59. The monoisotopic (exact) mass is 345 g/mol. The van der Waals surface area contributed by atoms with E-state index in [-0.39, 0.29) is 18.4 Å². The van der Waals surface area contributed by atoms with Crippen LogP contribution in [0.2, 0.25) is 0 Å². The van der Waals surface area contributed by atoms with Gasteiger partial charge in [0.05, 0.1) is 14.2 Å². The molecule has 0 radical (unpaired) electrons. The van der Waals surface area contributed by atoms with Gasteiger partial charge in [-0.15, -0.1) is 6.58 Å². The maximum absolute atomic E-state index is 12.2. The number of methoxy groups -OCH3 is 2. The van der Waals surface area contributed by atoms with Crippen LogP contribution in [-0.4, -0.2) is 41.7 Å². The van der Waals surface area contributed by atoms with Gasteiger partial charge in [-0.3, -0.25) is 4.79 Å². The van der Waals surface area contributed by atoms with Crippen molar-refractivity contribution in [3.05, 3.63) is 36.7 Å². The first-order valence-electron chi connectivity index (χ1n) is 7.94. The van der Waals surface area contributed by atoms with E-state index in [0.717, 1.165) is 5.56 Å². The van der Waals surface area contributed by atoms with Crippen LogP contribution in [0, 0.1) is 5.92 Å². The molecule has 0 aliphatic heterocycles. The van der Waals surface area contributed by atoms with Crippen LogP contribution in [0.1, 0.15) is 19.7 Å².